The lowest BCUT2D eigenvalue weighted by atomic mass is 9.90. The molecule has 3 rings (SSSR count). The minimum atomic E-state index is -0.0361. The van der Waals surface area contributed by atoms with Crippen LogP contribution in [0, 0.1) is 11.3 Å². The Labute approximate surface area is 154 Å². The molecule has 1 saturated heterocycles. The summed E-state index contributed by atoms with van der Waals surface area (Å²) < 4.78 is 0. The fourth-order valence-electron chi connectivity index (χ4n) is 3.47. The number of benzene rings is 1. The van der Waals surface area contributed by atoms with Gasteiger partial charge in [0.05, 0.1) is 0 Å². The van der Waals surface area contributed by atoms with Gasteiger partial charge in [0.1, 0.15) is 11.5 Å². The van der Waals surface area contributed by atoms with Crippen LogP contribution in [-0.4, -0.2) is 34.7 Å². The molecule has 1 aliphatic rings. The monoisotopic (exact) mass is 350 g/mol. The van der Waals surface area contributed by atoms with E-state index >= 15 is 0 Å². The van der Waals surface area contributed by atoms with Crippen molar-refractivity contribution in [2.24, 2.45) is 11.7 Å². The van der Waals surface area contributed by atoms with Gasteiger partial charge in [-0.05, 0) is 48.8 Å². The van der Waals surface area contributed by atoms with Crippen LogP contribution in [0.4, 0.5) is 0 Å². The molecule has 5 heteroatoms. The first-order valence-electron chi connectivity index (χ1n) is 9.23. The Kier molecular flexibility index (Phi) is 6.00. The number of rotatable bonds is 6. The Hall–Kier alpha value is -2.69. The van der Waals surface area contributed by atoms with E-state index in [1.54, 1.807) is 12.3 Å². The molecule has 0 saturated carbocycles. The first kappa shape index (κ1) is 18.1. The predicted octanol–water partition coefficient (Wildman–Crippen LogP) is 2.78. The normalized spacial score (nSPS) is 15.0. The summed E-state index contributed by atoms with van der Waals surface area (Å²) in [4.78, 5) is 18.6. The number of aromatic nitrogens is 1. The van der Waals surface area contributed by atoms with Crippen LogP contribution >= 0.6 is 0 Å². The van der Waals surface area contributed by atoms with Crippen LogP contribution in [0.3, 0.4) is 0 Å². The molecule has 26 heavy (non-hydrogen) atoms. The number of nitrogens with one attached hydrogen (secondary N) is 1. The van der Waals surface area contributed by atoms with Gasteiger partial charge < -0.3 is 10.6 Å². The number of nitrogens with zero attached hydrogens (tertiary/aromatic N) is 2. The summed E-state index contributed by atoms with van der Waals surface area (Å²) in [6.07, 6.45) is 6.15. The summed E-state index contributed by atoms with van der Waals surface area (Å²) in [5.74, 6) is 0.856. The average Bonchev–Trinajstić information content (AvgIpc) is 2.68. The molecule has 3 N–H and O–H groups in total. The van der Waals surface area contributed by atoms with Crippen LogP contribution in [0.1, 0.15) is 36.1 Å². The Bertz CT molecular complexity index is 734. The molecule has 5 nitrogen and oxygen atoms in total. The lowest BCUT2D eigenvalue weighted by Gasteiger charge is -2.32. The maximum atomic E-state index is 12.5. The molecule has 1 aliphatic heterocycles. The van der Waals surface area contributed by atoms with Crippen molar-refractivity contribution in [1.82, 2.24) is 9.88 Å². The Morgan fingerprint density at radius 3 is 2.46 bits per heavy atom. The fourth-order valence-corrected chi connectivity index (χ4v) is 3.47. The van der Waals surface area contributed by atoms with Gasteiger partial charge in [0.25, 0.3) is 0 Å². The van der Waals surface area contributed by atoms with Crippen molar-refractivity contribution in [3.8, 4) is 0 Å². The van der Waals surface area contributed by atoms with E-state index in [0.717, 1.165) is 37.9 Å². The average molecular weight is 350 g/mol. The molecule has 2 heterocycles. The van der Waals surface area contributed by atoms with Crippen LogP contribution < -0.4 is 5.73 Å². The summed E-state index contributed by atoms with van der Waals surface area (Å²) in [7, 11) is 0. The first-order valence-corrected chi connectivity index (χ1v) is 9.23. The van der Waals surface area contributed by atoms with Crippen molar-refractivity contribution >= 4 is 11.7 Å². The number of amidine groups is 1. The van der Waals surface area contributed by atoms with Crippen molar-refractivity contribution in [3.63, 3.8) is 0 Å². The molecule has 1 aromatic heterocycles. The molecule has 0 radical (unpaired) electrons. The van der Waals surface area contributed by atoms with Crippen LogP contribution in [0.5, 0.6) is 0 Å². The maximum Gasteiger partial charge on any atom is 0.222 e. The zero-order valence-corrected chi connectivity index (χ0v) is 15.0. The number of amides is 1. The number of carbonyl (C=O) groups excluding carboxylic acids is 1. The SMILES string of the molecule is N=C(N)c1ccc(CCC(=O)N2CCC(Cc3ccccc3)CC2)cn1. The number of hydrogen-bond donors (Lipinski definition) is 2. The summed E-state index contributed by atoms with van der Waals surface area (Å²) in [6, 6.07) is 14.2. The molecular weight excluding hydrogens is 324 g/mol. The molecule has 0 spiro atoms. The largest absolute Gasteiger partial charge is 0.382 e. The van der Waals surface area contributed by atoms with Gasteiger partial charge in [0.15, 0.2) is 0 Å². The van der Waals surface area contributed by atoms with Crippen molar-refractivity contribution in [3.05, 3.63) is 65.5 Å². The van der Waals surface area contributed by atoms with Crippen molar-refractivity contribution in [2.45, 2.75) is 32.1 Å². The second kappa shape index (κ2) is 8.61. The minimum absolute atomic E-state index is 0.0361. The molecule has 136 valence electrons. The van der Waals surface area contributed by atoms with Gasteiger partial charge in [0, 0.05) is 25.7 Å². The number of piperidine rings is 1. The van der Waals surface area contributed by atoms with E-state index in [1.807, 2.05) is 17.0 Å². The Morgan fingerprint density at radius 1 is 1.12 bits per heavy atom. The zero-order valence-electron chi connectivity index (χ0n) is 15.0. The highest BCUT2D eigenvalue weighted by Crippen LogP contribution is 2.22. The highest BCUT2D eigenvalue weighted by atomic mass is 16.2. The number of likely N-dealkylation sites (tertiary alicyclic amines) is 1. The van der Waals surface area contributed by atoms with Gasteiger partial charge in [-0.2, -0.15) is 0 Å². The number of pyridine rings is 1. The third kappa shape index (κ3) is 4.91. The van der Waals surface area contributed by atoms with E-state index in [2.05, 4.69) is 29.2 Å². The second-order valence-corrected chi connectivity index (χ2v) is 6.98. The van der Waals surface area contributed by atoms with Crippen LogP contribution in [0.2, 0.25) is 0 Å². The number of aryl methyl sites for hydroxylation is 1. The Morgan fingerprint density at radius 2 is 1.85 bits per heavy atom. The number of nitrogens with two attached hydrogens (primary N) is 1. The van der Waals surface area contributed by atoms with Gasteiger partial charge in [-0.3, -0.25) is 15.2 Å². The molecule has 0 atom stereocenters. The van der Waals surface area contributed by atoms with Crippen LogP contribution in [-0.2, 0) is 17.6 Å². The molecule has 2 aromatic rings. The van der Waals surface area contributed by atoms with E-state index in [-0.39, 0.29) is 11.7 Å². The molecular formula is C21H26N4O. The number of hydrogen-bond acceptors (Lipinski definition) is 3. The molecule has 0 unspecified atom stereocenters. The third-order valence-electron chi connectivity index (χ3n) is 5.06. The topological polar surface area (TPSA) is 83.1 Å². The van der Waals surface area contributed by atoms with E-state index in [0.29, 0.717) is 24.5 Å². The highest BCUT2D eigenvalue weighted by molar-refractivity contribution is 5.92. The zero-order chi connectivity index (χ0) is 18.4. The first-order chi connectivity index (χ1) is 12.6. The smallest absolute Gasteiger partial charge is 0.222 e. The van der Waals surface area contributed by atoms with E-state index in [9.17, 15) is 4.79 Å². The van der Waals surface area contributed by atoms with Crippen LogP contribution in [0.15, 0.2) is 48.7 Å². The molecule has 0 bridgehead atoms. The van der Waals surface area contributed by atoms with E-state index < -0.39 is 0 Å². The van der Waals surface area contributed by atoms with Crippen molar-refractivity contribution in [2.75, 3.05) is 13.1 Å². The lowest BCUT2D eigenvalue weighted by molar-refractivity contribution is -0.132. The molecule has 1 fully saturated rings. The summed E-state index contributed by atoms with van der Waals surface area (Å²) in [6.45, 7) is 1.72. The lowest BCUT2D eigenvalue weighted by Crippen LogP contribution is -2.39. The standard InChI is InChI=1S/C21H26N4O/c22-21(23)19-8-6-18(15-24-19)7-9-20(26)25-12-10-17(11-13-25)14-16-4-2-1-3-5-16/h1-6,8,15,17H,7,9-14H2,(H3,22,23). The number of nitrogen functional groups attached to an aromatic ring is 1. The molecule has 1 aromatic carbocycles. The molecule has 1 amide bonds. The summed E-state index contributed by atoms with van der Waals surface area (Å²) >= 11 is 0. The van der Waals surface area contributed by atoms with Gasteiger partial charge in [-0.15, -0.1) is 0 Å². The second-order valence-electron chi connectivity index (χ2n) is 6.98. The van der Waals surface area contributed by atoms with Gasteiger partial charge in [0.2, 0.25) is 5.91 Å². The van der Waals surface area contributed by atoms with Gasteiger partial charge in [-0.25, -0.2) is 0 Å². The van der Waals surface area contributed by atoms with Crippen molar-refractivity contribution < 1.29 is 4.79 Å². The van der Waals surface area contributed by atoms with Crippen molar-refractivity contribution in [1.29, 1.82) is 5.41 Å². The predicted molar refractivity (Wildman–Crippen MR) is 103 cm³/mol. The maximum absolute atomic E-state index is 12.5. The van der Waals surface area contributed by atoms with Gasteiger partial charge >= 0.3 is 0 Å². The quantitative estimate of drug-likeness (QED) is 0.621. The summed E-state index contributed by atoms with van der Waals surface area (Å²) in [5, 5.41) is 7.35. The van der Waals surface area contributed by atoms with E-state index in [4.69, 9.17) is 11.1 Å². The number of carbonyl (C=O) groups is 1. The highest BCUT2D eigenvalue weighted by Gasteiger charge is 2.22. The fraction of sp³-hybridized carbons (Fsp3) is 0.381. The Balaban J connectivity index is 1.42. The summed E-state index contributed by atoms with van der Waals surface area (Å²) in [5.41, 5.74) is 8.27. The van der Waals surface area contributed by atoms with E-state index in [1.165, 1.54) is 5.56 Å². The minimum Gasteiger partial charge on any atom is -0.382 e. The molecule has 0 aliphatic carbocycles. The van der Waals surface area contributed by atoms with Gasteiger partial charge in [-0.1, -0.05) is 36.4 Å². The van der Waals surface area contributed by atoms with Crippen LogP contribution in [0.25, 0.3) is 0 Å². The third-order valence-corrected chi connectivity index (χ3v) is 5.06.